The lowest BCUT2D eigenvalue weighted by Gasteiger charge is -2.30. The van der Waals surface area contributed by atoms with Crippen LogP contribution in [0, 0.1) is 5.41 Å². The van der Waals surface area contributed by atoms with Crippen molar-refractivity contribution >= 4 is 5.69 Å². The van der Waals surface area contributed by atoms with E-state index in [-0.39, 0.29) is 0 Å². The van der Waals surface area contributed by atoms with Gasteiger partial charge in [0.1, 0.15) is 0 Å². The summed E-state index contributed by atoms with van der Waals surface area (Å²) in [6.45, 7) is 8.10. The van der Waals surface area contributed by atoms with Gasteiger partial charge in [0, 0.05) is 18.2 Å². The van der Waals surface area contributed by atoms with Gasteiger partial charge in [-0.1, -0.05) is 45.4 Å². The zero-order chi connectivity index (χ0) is 10.2. The fraction of sp³-hybridized carbons (Fsp3) is 0.538. The van der Waals surface area contributed by atoms with Gasteiger partial charge in [-0.05, 0) is 17.0 Å². The molecule has 1 atom stereocenters. The van der Waals surface area contributed by atoms with Crippen molar-refractivity contribution in [2.24, 2.45) is 5.41 Å². The van der Waals surface area contributed by atoms with Gasteiger partial charge in [-0.2, -0.15) is 0 Å². The Morgan fingerprint density at radius 2 is 2.07 bits per heavy atom. The minimum Gasteiger partial charge on any atom is -0.384 e. The maximum Gasteiger partial charge on any atom is 0.0376 e. The Labute approximate surface area is 86.5 Å². The molecule has 1 nitrogen and oxygen atoms in total. The topological polar surface area (TPSA) is 12.0 Å². The fourth-order valence-electron chi connectivity index (χ4n) is 2.23. The number of rotatable bonds is 2. The van der Waals surface area contributed by atoms with Gasteiger partial charge in [0.25, 0.3) is 0 Å². The van der Waals surface area contributed by atoms with E-state index in [2.05, 4.69) is 50.4 Å². The molecule has 0 aromatic heterocycles. The van der Waals surface area contributed by atoms with Crippen molar-refractivity contribution in [3.63, 3.8) is 0 Å². The second kappa shape index (κ2) is 3.30. The maximum absolute atomic E-state index is 3.49. The number of benzene rings is 1. The van der Waals surface area contributed by atoms with Crippen molar-refractivity contribution in [2.45, 2.75) is 33.1 Å². The number of para-hydroxylation sites is 1. The third-order valence-corrected chi connectivity index (χ3v) is 3.69. The molecule has 76 valence electrons. The third-order valence-electron chi connectivity index (χ3n) is 3.69. The van der Waals surface area contributed by atoms with E-state index in [0.717, 1.165) is 6.54 Å². The molecule has 0 radical (unpaired) electrons. The molecule has 1 aliphatic rings. The zero-order valence-electron chi connectivity index (χ0n) is 9.30. The molecule has 0 amide bonds. The highest BCUT2D eigenvalue weighted by Crippen LogP contribution is 2.44. The molecule has 14 heavy (non-hydrogen) atoms. The van der Waals surface area contributed by atoms with Crippen LogP contribution in [0.25, 0.3) is 0 Å². The van der Waals surface area contributed by atoms with Crippen molar-refractivity contribution in [3.8, 4) is 0 Å². The Morgan fingerprint density at radius 1 is 1.36 bits per heavy atom. The summed E-state index contributed by atoms with van der Waals surface area (Å²) >= 11 is 0. The van der Waals surface area contributed by atoms with Crippen LogP contribution in [0.4, 0.5) is 5.69 Å². The minimum atomic E-state index is 0.402. The molecule has 0 saturated heterocycles. The van der Waals surface area contributed by atoms with Crippen molar-refractivity contribution in [1.29, 1.82) is 0 Å². The summed E-state index contributed by atoms with van der Waals surface area (Å²) in [7, 11) is 0. The van der Waals surface area contributed by atoms with E-state index in [1.165, 1.54) is 17.7 Å². The Hall–Kier alpha value is -0.980. The summed E-state index contributed by atoms with van der Waals surface area (Å²) in [5.41, 5.74) is 3.23. The molecule has 1 heteroatoms. The predicted octanol–water partition coefficient (Wildman–Crippen LogP) is 3.63. The zero-order valence-corrected chi connectivity index (χ0v) is 9.30. The predicted molar refractivity (Wildman–Crippen MR) is 61.7 cm³/mol. The molecular formula is C13H19N. The maximum atomic E-state index is 3.49. The van der Waals surface area contributed by atoms with E-state index in [9.17, 15) is 0 Å². The van der Waals surface area contributed by atoms with Gasteiger partial charge >= 0.3 is 0 Å². The van der Waals surface area contributed by atoms with Gasteiger partial charge in [-0.3, -0.25) is 0 Å². The quantitative estimate of drug-likeness (QED) is 0.749. The molecule has 1 unspecified atom stereocenters. The van der Waals surface area contributed by atoms with Gasteiger partial charge in [-0.25, -0.2) is 0 Å². The number of nitrogens with one attached hydrogen (secondary N) is 1. The van der Waals surface area contributed by atoms with Crippen LogP contribution in [0.3, 0.4) is 0 Å². The molecule has 0 aliphatic carbocycles. The molecule has 1 aromatic rings. The lowest BCUT2D eigenvalue weighted by Crippen LogP contribution is -2.22. The highest BCUT2D eigenvalue weighted by molar-refractivity contribution is 5.58. The Kier molecular flexibility index (Phi) is 2.26. The summed E-state index contributed by atoms with van der Waals surface area (Å²) in [6, 6.07) is 8.69. The van der Waals surface area contributed by atoms with E-state index in [1.54, 1.807) is 0 Å². The van der Waals surface area contributed by atoms with Crippen molar-refractivity contribution < 1.29 is 0 Å². The van der Waals surface area contributed by atoms with Crippen LogP contribution in [0.1, 0.15) is 38.7 Å². The second-order valence-corrected chi connectivity index (χ2v) is 4.86. The number of fused-ring (bicyclic) bond motifs is 1. The lowest BCUT2D eigenvalue weighted by atomic mass is 9.74. The highest BCUT2D eigenvalue weighted by atomic mass is 14.9. The normalized spacial score (nSPS) is 20.4. The first kappa shape index (κ1) is 9.57. The average molecular weight is 189 g/mol. The SMILES string of the molecule is CCC(C)(C)C1CNc2ccccc21. The summed E-state index contributed by atoms with van der Waals surface area (Å²) in [5, 5.41) is 3.49. The van der Waals surface area contributed by atoms with E-state index in [0.29, 0.717) is 11.3 Å². The molecular weight excluding hydrogens is 170 g/mol. The van der Waals surface area contributed by atoms with Crippen LogP contribution in [0.5, 0.6) is 0 Å². The second-order valence-electron chi connectivity index (χ2n) is 4.86. The standard InChI is InChI=1S/C13H19N/c1-4-13(2,3)11-9-14-12-8-6-5-7-10(11)12/h5-8,11,14H,4,9H2,1-3H3. The molecule has 1 aromatic carbocycles. The first-order valence-corrected chi connectivity index (χ1v) is 5.48. The first-order chi connectivity index (χ1) is 6.65. The molecule has 0 bridgehead atoms. The molecule has 0 fully saturated rings. The average Bonchev–Trinajstić information content (AvgIpc) is 2.61. The Bertz CT molecular complexity index is 328. The van der Waals surface area contributed by atoms with E-state index in [4.69, 9.17) is 0 Å². The van der Waals surface area contributed by atoms with E-state index >= 15 is 0 Å². The largest absolute Gasteiger partial charge is 0.384 e. The molecule has 1 aliphatic heterocycles. The van der Waals surface area contributed by atoms with Crippen molar-refractivity contribution in [2.75, 3.05) is 11.9 Å². The summed E-state index contributed by atoms with van der Waals surface area (Å²) < 4.78 is 0. The van der Waals surface area contributed by atoms with E-state index < -0.39 is 0 Å². The number of hydrogen-bond donors (Lipinski definition) is 1. The van der Waals surface area contributed by atoms with Crippen molar-refractivity contribution in [3.05, 3.63) is 29.8 Å². The van der Waals surface area contributed by atoms with Gasteiger partial charge < -0.3 is 5.32 Å². The smallest absolute Gasteiger partial charge is 0.0376 e. The van der Waals surface area contributed by atoms with Crippen LogP contribution in [0.15, 0.2) is 24.3 Å². The van der Waals surface area contributed by atoms with Gasteiger partial charge in [0.15, 0.2) is 0 Å². The molecule has 1 heterocycles. The van der Waals surface area contributed by atoms with Gasteiger partial charge in [-0.15, -0.1) is 0 Å². The minimum absolute atomic E-state index is 0.402. The van der Waals surface area contributed by atoms with Crippen LogP contribution in [-0.2, 0) is 0 Å². The van der Waals surface area contributed by atoms with Crippen LogP contribution < -0.4 is 5.32 Å². The first-order valence-electron chi connectivity index (χ1n) is 5.48. The molecule has 1 N–H and O–H groups in total. The highest BCUT2D eigenvalue weighted by Gasteiger charge is 2.33. The molecule has 0 saturated carbocycles. The number of hydrogen-bond acceptors (Lipinski definition) is 1. The number of anilines is 1. The summed E-state index contributed by atoms with van der Waals surface area (Å²) in [4.78, 5) is 0. The van der Waals surface area contributed by atoms with Gasteiger partial charge in [0.05, 0.1) is 0 Å². The molecule has 0 spiro atoms. The van der Waals surface area contributed by atoms with Crippen LogP contribution in [0.2, 0.25) is 0 Å². The van der Waals surface area contributed by atoms with Crippen LogP contribution >= 0.6 is 0 Å². The fourth-order valence-corrected chi connectivity index (χ4v) is 2.23. The summed E-state index contributed by atoms with van der Waals surface area (Å²) in [5.74, 6) is 0.670. The lowest BCUT2D eigenvalue weighted by molar-refractivity contribution is 0.289. The third kappa shape index (κ3) is 1.41. The Morgan fingerprint density at radius 3 is 2.79 bits per heavy atom. The van der Waals surface area contributed by atoms with Crippen molar-refractivity contribution in [1.82, 2.24) is 0 Å². The molecule has 2 rings (SSSR count). The monoisotopic (exact) mass is 189 g/mol. The summed E-state index contributed by atoms with van der Waals surface area (Å²) in [6.07, 6.45) is 1.23. The Balaban J connectivity index is 2.35. The van der Waals surface area contributed by atoms with Gasteiger partial charge in [0.2, 0.25) is 0 Å². The van der Waals surface area contributed by atoms with E-state index in [1.807, 2.05) is 0 Å². The van der Waals surface area contributed by atoms with Crippen LogP contribution in [-0.4, -0.2) is 6.54 Å².